The fraction of sp³-hybridized carbons (Fsp3) is 0.235. The van der Waals surface area contributed by atoms with Crippen molar-refractivity contribution in [3.8, 4) is 11.3 Å². The Balaban J connectivity index is 2.34. The van der Waals surface area contributed by atoms with Crippen LogP contribution in [0.5, 0.6) is 0 Å². The molecule has 2 heterocycles. The maximum Gasteiger partial charge on any atom is 0.137 e. The zero-order valence-electron chi connectivity index (χ0n) is 12.2. The summed E-state index contributed by atoms with van der Waals surface area (Å²) in [5, 5.41) is 0.514. The summed E-state index contributed by atoms with van der Waals surface area (Å²) in [5.41, 5.74) is 6.31. The molecule has 0 aliphatic heterocycles. The van der Waals surface area contributed by atoms with Crippen LogP contribution in [0.2, 0.25) is 5.02 Å². The molecule has 21 heavy (non-hydrogen) atoms. The van der Waals surface area contributed by atoms with E-state index in [0.717, 1.165) is 22.6 Å². The number of imidazole rings is 1. The van der Waals surface area contributed by atoms with E-state index in [1.807, 2.05) is 29.7 Å². The van der Waals surface area contributed by atoms with Gasteiger partial charge >= 0.3 is 0 Å². The topological polar surface area (TPSA) is 17.3 Å². The van der Waals surface area contributed by atoms with Gasteiger partial charge < -0.3 is 4.40 Å². The minimum atomic E-state index is -0.158. The van der Waals surface area contributed by atoms with Gasteiger partial charge in [0.25, 0.3) is 0 Å². The smallest absolute Gasteiger partial charge is 0.137 e. The molecular formula is C17H16Cl2N2. The molecule has 2 nitrogen and oxygen atoms in total. The molecule has 4 heteroatoms. The van der Waals surface area contributed by atoms with Crippen LogP contribution in [0, 0.1) is 13.8 Å². The lowest BCUT2D eigenvalue weighted by molar-refractivity contribution is 0.965. The van der Waals surface area contributed by atoms with Gasteiger partial charge in [0, 0.05) is 11.8 Å². The van der Waals surface area contributed by atoms with Crippen LogP contribution < -0.4 is 0 Å². The third-order valence-corrected chi connectivity index (χ3v) is 4.06. The molecule has 3 rings (SSSR count). The van der Waals surface area contributed by atoms with Crippen molar-refractivity contribution in [1.82, 2.24) is 9.38 Å². The number of halogens is 2. The van der Waals surface area contributed by atoms with Gasteiger partial charge in [0.2, 0.25) is 0 Å². The molecule has 0 saturated heterocycles. The van der Waals surface area contributed by atoms with E-state index in [2.05, 4.69) is 32.0 Å². The molecule has 0 saturated carbocycles. The van der Waals surface area contributed by atoms with Crippen LogP contribution in [0.15, 0.2) is 36.5 Å². The summed E-state index contributed by atoms with van der Waals surface area (Å²) in [6, 6.07) is 10.1. The van der Waals surface area contributed by atoms with Gasteiger partial charge in [0.1, 0.15) is 5.65 Å². The lowest BCUT2D eigenvalue weighted by Gasteiger charge is -2.10. The van der Waals surface area contributed by atoms with Crippen LogP contribution in [0.25, 0.3) is 16.9 Å². The Labute approximate surface area is 134 Å². The van der Waals surface area contributed by atoms with Crippen molar-refractivity contribution in [3.63, 3.8) is 0 Å². The molecule has 1 unspecified atom stereocenters. The summed E-state index contributed by atoms with van der Waals surface area (Å²) in [6.45, 7) is 6.15. The second-order valence-electron chi connectivity index (χ2n) is 5.36. The van der Waals surface area contributed by atoms with E-state index in [0.29, 0.717) is 5.02 Å². The summed E-state index contributed by atoms with van der Waals surface area (Å²) < 4.78 is 1.98. The Kier molecular flexibility index (Phi) is 3.68. The van der Waals surface area contributed by atoms with Crippen molar-refractivity contribution < 1.29 is 0 Å². The lowest BCUT2D eigenvalue weighted by Crippen LogP contribution is -1.96. The van der Waals surface area contributed by atoms with Crippen molar-refractivity contribution in [2.75, 3.05) is 0 Å². The Hall–Kier alpha value is -1.51. The molecule has 0 bridgehead atoms. The Bertz CT molecular complexity index is 819. The zero-order chi connectivity index (χ0) is 15.1. The highest BCUT2D eigenvalue weighted by molar-refractivity contribution is 6.30. The number of fused-ring (bicyclic) bond motifs is 1. The van der Waals surface area contributed by atoms with E-state index in [9.17, 15) is 0 Å². The summed E-state index contributed by atoms with van der Waals surface area (Å²) in [5.74, 6) is 0. The van der Waals surface area contributed by atoms with Gasteiger partial charge in [-0.25, -0.2) is 4.98 Å². The summed E-state index contributed by atoms with van der Waals surface area (Å²) in [4.78, 5) is 4.76. The minimum absolute atomic E-state index is 0.158. The van der Waals surface area contributed by atoms with Gasteiger partial charge in [0.05, 0.1) is 21.8 Å². The highest BCUT2D eigenvalue weighted by Crippen LogP contribution is 2.34. The van der Waals surface area contributed by atoms with Crippen molar-refractivity contribution in [2.24, 2.45) is 0 Å². The Morgan fingerprint density at radius 1 is 1.14 bits per heavy atom. The molecule has 0 aliphatic carbocycles. The average molecular weight is 319 g/mol. The Morgan fingerprint density at radius 3 is 2.57 bits per heavy atom. The highest BCUT2D eigenvalue weighted by atomic mass is 35.5. The van der Waals surface area contributed by atoms with E-state index < -0.39 is 0 Å². The number of aryl methyl sites for hydroxylation is 2. The average Bonchev–Trinajstić information content (AvgIpc) is 2.76. The predicted octanol–water partition coefficient (Wildman–Crippen LogP) is 5.57. The molecule has 0 fully saturated rings. The van der Waals surface area contributed by atoms with Crippen LogP contribution in [-0.2, 0) is 0 Å². The fourth-order valence-corrected chi connectivity index (χ4v) is 3.06. The van der Waals surface area contributed by atoms with E-state index in [-0.39, 0.29) is 5.38 Å². The van der Waals surface area contributed by atoms with Gasteiger partial charge in [-0.3, -0.25) is 0 Å². The fourth-order valence-electron chi connectivity index (χ4n) is 2.69. The second-order valence-corrected chi connectivity index (χ2v) is 6.45. The molecule has 0 N–H and O–H groups in total. The van der Waals surface area contributed by atoms with Crippen molar-refractivity contribution >= 4 is 28.8 Å². The molecule has 1 atom stereocenters. The maximum absolute atomic E-state index is 6.41. The number of pyridine rings is 1. The lowest BCUT2D eigenvalue weighted by atomic mass is 10.0. The van der Waals surface area contributed by atoms with E-state index >= 15 is 0 Å². The monoisotopic (exact) mass is 318 g/mol. The highest BCUT2D eigenvalue weighted by Gasteiger charge is 2.19. The van der Waals surface area contributed by atoms with E-state index in [4.69, 9.17) is 28.2 Å². The molecule has 0 spiro atoms. The van der Waals surface area contributed by atoms with Gasteiger partial charge in [-0.15, -0.1) is 11.6 Å². The maximum atomic E-state index is 6.41. The summed E-state index contributed by atoms with van der Waals surface area (Å²) in [6.07, 6.45) is 1.87. The number of hydrogen-bond donors (Lipinski definition) is 0. The van der Waals surface area contributed by atoms with Crippen molar-refractivity contribution in [1.29, 1.82) is 0 Å². The summed E-state index contributed by atoms with van der Waals surface area (Å²) >= 11 is 12.5. The first kappa shape index (κ1) is 14.4. The van der Waals surface area contributed by atoms with Crippen LogP contribution in [-0.4, -0.2) is 9.38 Å². The first-order valence-corrected chi connectivity index (χ1v) is 7.68. The minimum Gasteiger partial charge on any atom is -0.300 e. The third-order valence-electron chi connectivity index (χ3n) is 3.63. The van der Waals surface area contributed by atoms with E-state index in [1.54, 1.807) is 0 Å². The molecule has 0 amide bonds. The van der Waals surface area contributed by atoms with Crippen LogP contribution in [0.1, 0.15) is 29.1 Å². The zero-order valence-corrected chi connectivity index (χ0v) is 13.7. The standard InChI is InChI=1S/C17H16Cl2N2/c1-10-4-6-14(11(2)8-10)16-17(12(3)18)21-9-13(19)5-7-15(21)20-16/h4-9,12H,1-3H3. The molecule has 0 radical (unpaired) electrons. The number of hydrogen-bond acceptors (Lipinski definition) is 1. The number of aromatic nitrogens is 2. The normalized spacial score (nSPS) is 12.8. The first-order valence-electron chi connectivity index (χ1n) is 6.86. The SMILES string of the molecule is Cc1ccc(-c2nc3ccc(Cl)cn3c2C(C)Cl)c(C)c1. The molecule has 1 aromatic carbocycles. The van der Waals surface area contributed by atoms with Crippen molar-refractivity contribution in [3.05, 3.63) is 58.4 Å². The number of alkyl halides is 1. The van der Waals surface area contributed by atoms with Crippen LogP contribution in [0.3, 0.4) is 0 Å². The number of nitrogens with zero attached hydrogens (tertiary/aromatic N) is 2. The van der Waals surface area contributed by atoms with Gasteiger partial charge in [-0.1, -0.05) is 35.4 Å². The van der Waals surface area contributed by atoms with E-state index in [1.165, 1.54) is 11.1 Å². The van der Waals surface area contributed by atoms with Gasteiger partial charge in [0.15, 0.2) is 0 Å². The largest absolute Gasteiger partial charge is 0.300 e. The Morgan fingerprint density at radius 2 is 1.90 bits per heavy atom. The third kappa shape index (κ3) is 2.54. The predicted molar refractivity (Wildman–Crippen MR) is 89.4 cm³/mol. The van der Waals surface area contributed by atoms with Gasteiger partial charge in [-0.05, 0) is 38.5 Å². The van der Waals surface area contributed by atoms with Gasteiger partial charge in [-0.2, -0.15) is 0 Å². The number of rotatable bonds is 2. The molecule has 0 aliphatic rings. The molecule has 108 valence electrons. The number of benzene rings is 1. The second kappa shape index (κ2) is 5.36. The molecular weight excluding hydrogens is 303 g/mol. The summed E-state index contributed by atoms with van der Waals surface area (Å²) in [7, 11) is 0. The van der Waals surface area contributed by atoms with Crippen LogP contribution >= 0.6 is 23.2 Å². The quantitative estimate of drug-likeness (QED) is 0.564. The molecule has 3 aromatic rings. The van der Waals surface area contributed by atoms with Crippen molar-refractivity contribution in [2.45, 2.75) is 26.1 Å². The molecule has 2 aromatic heterocycles. The first-order chi connectivity index (χ1) is 9.97. The van der Waals surface area contributed by atoms with Crippen LogP contribution in [0.4, 0.5) is 0 Å².